The molecule has 3 N–H and O–H groups in total. The van der Waals surface area contributed by atoms with Gasteiger partial charge in [0.25, 0.3) is 5.91 Å². The van der Waals surface area contributed by atoms with E-state index < -0.39 is 5.97 Å². The van der Waals surface area contributed by atoms with Gasteiger partial charge in [-0.1, -0.05) is 6.92 Å². The van der Waals surface area contributed by atoms with Crippen molar-refractivity contribution in [3.8, 4) is 5.75 Å². The first-order chi connectivity index (χ1) is 9.92. The molecule has 0 aliphatic heterocycles. The summed E-state index contributed by atoms with van der Waals surface area (Å²) in [6.07, 6.45) is 0.851. The van der Waals surface area contributed by atoms with Crippen LogP contribution in [0.3, 0.4) is 0 Å². The van der Waals surface area contributed by atoms with Crippen molar-refractivity contribution in [2.24, 2.45) is 0 Å². The monoisotopic (exact) mass is 305 g/mol. The molecule has 0 radical (unpaired) electrons. The fourth-order valence-corrected chi connectivity index (χ4v) is 2.94. The molecular weight excluding hydrogens is 290 g/mol. The molecule has 2 aromatic rings. The number of carboxylic acid groups (broad SMARTS) is 1. The van der Waals surface area contributed by atoms with Gasteiger partial charge in [0.1, 0.15) is 5.75 Å². The lowest BCUT2D eigenvalue weighted by Gasteiger charge is -2.07. The summed E-state index contributed by atoms with van der Waals surface area (Å²) in [6.45, 7) is 3.96. The Bertz CT molecular complexity index is 706. The number of carbonyl (C=O) groups is 2. The molecule has 0 atom stereocenters. The average Bonchev–Trinajstić information content (AvgIpc) is 2.82. The molecule has 5 nitrogen and oxygen atoms in total. The standard InChI is InChI=1S/C15H15NO4S/c1-3-12-8(2)6-13(21-12)14(18)16-10-7-9(15(19)20)4-5-11(10)17/h4-7,17H,3H2,1-2H3,(H,16,18)(H,19,20). The second-order valence-electron chi connectivity index (χ2n) is 4.56. The number of anilines is 1. The molecular formula is C15H15NO4S. The summed E-state index contributed by atoms with van der Waals surface area (Å²) in [6, 6.07) is 5.54. The minimum atomic E-state index is -1.12. The molecule has 2 rings (SSSR count). The van der Waals surface area contributed by atoms with E-state index in [4.69, 9.17) is 5.11 Å². The number of carbonyl (C=O) groups excluding carboxylic acids is 1. The van der Waals surface area contributed by atoms with Gasteiger partial charge in [0.2, 0.25) is 0 Å². The van der Waals surface area contributed by atoms with Gasteiger partial charge in [0.15, 0.2) is 0 Å². The first-order valence-electron chi connectivity index (χ1n) is 6.39. The van der Waals surface area contributed by atoms with Gasteiger partial charge >= 0.3 is 5.97 Å². The van der Waals surface area contributed by atoms with Gasteiger partial charge in [-0.15, -0.1) is 11.3 Å². The van der Waals surface area contributed by atoms with Crippen molar-refractivity contribution in [3.05, 3.63) is 45.1 Å². The fraction of sp³-hybridized carbons (Fsp3) is 0.200. The summed E-state index contributed by atoms with van der Waals surface area (Å²) in [7, 11) is 0. The Labute approximate surface area is 125 Å². The van der Waals surface area contributed by atoms with Gasteiger partial charge in [-0.25, -0.2) is 4.79 Å². The minimum Gasteiger partial charge on any atom is -0.506 e. The number of phenolic OH excluding ortho intramolecular Hbond substituents is 1. The Morgan fingerprint density at radius 2 is 2.00 bits per heavy atom. The predicted molar refractivity (Wildman–Crippen MR) is 81.5 cm³/mol. The van der Waals surface area contributed by atoms with Crippen molar-refractivity contribution in [1.29, 1.82) is 0 Å². The molecule has 0 saturated heterocycles. The fourth-order valence-electron chi connectivity index (χ4n) is 1.94. The van der Waals surface area contributed by atoms with Crippen LogP contribution in [0.1, 0.15) is 37.4 Å². The van der Waals surface area contributed by atoms with Gasteiger partial charge in [-0.05, 0) is 43.2 Å². The summed E-state index contributed by atoms with van der Waals surface area (Å²) in [5, 5.41) is 21.2. The highest BCUT2D eigenvalue weighted by molar-refractivity contribution is 7.14. The van der Waals surface area contributed by atoms with Gasteiger partial charge < -0.3 is 15.5 Å². The third-order valence-corrected chi connectivity index (χ3v) is 4.44. The van der Waals surface area contributed by atoms with E-state index in [0.29, 0.717) is 4.88 Å². The summed E-state index contributed by atoms with van der Waals surface area (Å²) >= 11 is 1.39. The molecule has 1 aromatic carbocycles. The molecule has 110 valence electrons. The number of aromatic carboxylic acids is 1. The number of amides is 1. The Hall–Kier alpha value is -2.34. The van der Waals surface area contributed by atoms with Crippen LogP contribution in [0.2, 0.25) is 0 Å². The molecule has 6 heteroatoms. The molecule has 0 aliphatic rings. The highest BCUT2D eigenvalue weighted by atomic mass is 32.1. The normalized spacial score (nSPS) is 10.4. The molecule has 1 aromatic heterocycles. The Kier molecular flexibility index (Phi) is 4.28. The Morgan fingerprint density at radius 3 is 2.57 bits per heavy atom. The molecule has 0 aliphatic carbocycles. The number of benzene rings is 1. The highest BCUT2D eigenvalue weighted by Gasteiger charge is 2.15. The van der Waals surface area contributed by atoms with Gasteiger partial charge in [0.05, 0.1) is 16.1 Å². The van der Waals surface area contributed by atoms with E-state index in [2.05, 4.69) is 5.32 Å². The number of carboxylic acids is 1. The van der Waals surface area contributed by atoms with Gasteiger partial charge in [0, 0.05) is 4.88 Å². The Balaban J connectivity index is 2.26. The van der Waals surface area contributed by atoms with Gasteiger partial charge in [-0.2, -0.15) is 0 Å². The van der Waals surface area contributed by atoms with Crippen LogP contribution >= 0.6 is 11.3 Å². The van der Waals surface area contributed by atoms with Crippen LogP contribution in [0.4, 0.5) is 5.69 Å². The molecule has 21 heavy (non-hydrogen) atoms. The molecule has 0 spiro atoms. The zero-order valence-corrected chi connectivity index (χ0v) is 12.5. The maximum absolute atomic E-state index is 12.2. The third-order valence-electron chi connectivity index (χ3n) is 3.06. The lowest BCUT2D eigenvalue weighted by atomic mass is 10.2. The molecule has 1 heterocycles. The first-order valence-corrected chi connectivity index (χ1v) is 7.21. The van der Waals surface area contributed by atoms with Crippen molar-refractivity contribution < 1.29 is 19.8 Å². The van der Waals surface area contributed by atoms with E-state index in [0.717, 1.165) is 16.9 Å². The molecule has 0 fully saturated rings. The number of phenols is 1. The quantitative estimate of drug-likeness (QED) is 0.757. The zero-order chi connectivity index (χ0) is 15.6. The smallest absolute Gasteiger partial charge is 0.335 e. The van der Waals surface area contributed by atoms with E-state index in [-0.39, 0.29) is 22.9 Å². The highest BCUT2D eigenvalue weighted by Crippen LogP contribution is 2.27. The van der Waals surface area contributed by atoms with E-state index in [1.54, 1.807) is 6.07 Å². The number of aryl methyl sites for hydroxylation is 2. The van der Waals surface area contributed by atoms with E-state index in [1.165, 1.54) is 29.5 Å². The third kappa shape index (κ3) is 3.22. The second-order valence-corrected chi connectivity index (χ2v) is 5.70. The van der Waals surface area contributed by atoms with Crippen LogP contribution in [0.15, 0.2) is 24.3 Å². The van der Waals surface area contributed by atoms with Crippen molar-refractivity contribution in [1.82, 2.24) is 0 Å². The minimum absolute atomic E-state index is 0.000271. The van der Waals surface area contributed by atoms with Crippen molar-refractivity contribution >= 4 is 28.9 Å². The molecule has 0 saturated carbocycles. The lowest BCUT2D eigenvalue weighted by Crippen LogP contribution is -2.11. The van der Waals surface area contributed by atoms with Crippen LogP contribution in [0, 0.1) is 6.92 Å². The number of hydrogen-bond acceptors (Lipinski definition) is 4. The first kappa shape index (κ1) is 15.1. The van der Waals surface area contributed by atoms with Crippen LogP contribution in [0.25, 0.3) is 0 Å². The average molecular weight is 305 g/mol. The van der Waals surface area contributed by atoms with Crippen molar-refractivity contribution in [2.75, 3.05) is 5.32 Å². The van der Waals surface area contributed by atoms with Crippen LogP contribution in [0.5, 0.6) is 5.75 Å². The summed E-state index contributed by atoms with van der Waals surface area (Å²) in [4.78, 5) is 24.7. The molecule has 0 bridgehead atoms. The van der Waals surface area contributed by atoms with Crippen LogP contribution < -0.4 is 5.32 Å². The van der Waals surface area contributed by atoms with Crippen LogP contribution in [-0.4, -0.2) is 22.1 Å². The largest absolute Gasteiger partial charge is 0.506 e. The van der Waals surface area contributed by atoms with Crippen molar-refractivity contribution in [2.45, 2.75) is 20.3 Å². The number of nitrogens with one attached hydrogen (secondary N) is 1. The maximum Gasteiger partial charge on any atom is 0.335 e. The van der Waals surface area contributed by atoms with Gasteiger partial charge in [-0.3, -0.25) is 4.79 Å². The lowest BCUT2D eigenvalue weighted by molar-refractivity contribution is 0.0696. The Morgan fingerprint density at radius 1 is 1.29 bits per heavy atom. The SMILES string of the molecule is CCc1sc(C(=O)Nc2cc(C(=O)O)ccc2O)cc1C. The number of thiophene rings is 1. The van der Waals surface area contributed by atoms with E-state index >= 15 is 0 Å². The number of rotatable bonds is 4. The van der Waals surface area contributed by atoms with Crippen LogP contribution in [-0.2, 0) is 6.42 Å². The van der Waals surface area contributed by atoms with Crippen molar-refractivity contribution in [3.63, 3.8) is 0 Å². The second kappa shape index (κ2) is 5.97. The predicted octanol–water partition coefficient (Wildman–Crippen LogP) is 3.28. The summed E-state index contributed by atoms with van der Waals surface area (Å²) in [5.74, 6) is -1.65. The summed E-state index contributed by atoms with van der Waals surface area (Å²) < 4.78 is 0. The number of aromatic hydroxyl groups is 1. The molecule has 0 unspecified atom stereocenters. The zero-order valence-electron chi connectivity index (χ0n) is 11.6. The number of hydrogen-bond donors (Lipinski definition) is 3. The topological polar surface area (TPSA) is 86.6 Å². The van der Waals surface area contributed by atoms with E-state index in [9.17, 15) is 14.7 Å². The summed E-state index contributed by atoms with van der Waals surface area (Å²) in [5.41, 5.74) is 1.14. The van der Waals surface area contributed by atoms with E-state index in [1.807, 2.05) is 13.8 Å². The maximum atomic E-state index is 12.2. The molecule has 1 amide bonds.